The van der Waals surface area contributed by atoms with E-state index in [0.29, 0.717) is 23.8 Å². The molecule has 1 aromatic carbocycles. The summed E-state index contributed by atoms with van der Waals surface area (Å²) in [5, 5.41) is 9.56. The Kier molecular flexibility index (Phi) is 5.95. The predicted octanol–water partition coefficient (Wildman–Crippen LogP) is 2.91. The maximum atomic E-state index is 10.8. The quantitative estimate of drug-likeness (QED) is 0.829. The van der Waals surface area contributed by atoms with Gasteiger partial charge < -0.3 is 14.6 Å². The molecule has 18 heavy (non-hydrogen) atoms. The molecule has 1 atom stereocenters. The number of aliphatic carboxylic acids is 1. The lowest BCUT2D eigenvalue weighted by molar-refractivity contribution is -0.150. The maximum absolute atomic E-state index is 10.8. The number of benzene rings is 1. The van der Waals surface area contributed by atoms with E-state index in [-0.39, 0.29) is 6.61 Å². The van der Waals surface area contributed by atoms with Gasteiger partial charge in [-0.15, -0.1) is 0 Å². The first-order valence-electron chi connectivity index (χ1n) is 5.78. The largest absolute Gasteiger partial charge is 0.493 e. The molecule has 5 heteroatoms. The Morgan fingerprint density at radius 2 is 2.22 bits per heavy atom. The molecule has 0 radical (unpaired) electrons. The number of carbonyl (C=O) groups is 1. The fraction of sp³-hybridized carbons (Fsp3) is 0.462. The molecule has 0 fully saturated rings. The highest BCUT2D eigenvalue weighted by Gasteiger charge is 2.17. The molecule has 0 bridgehead atoms. The summed E-state index contributed by atoms with van der Waals surface area (Å²) in [5.74, 6) is -0.287. The molecule has 0 aliphatic carbocycles. The molecule has 0 aliphatic rings. The van der Waals surface area contributed by atoms with E-state index >= 15 is 0 Å². The molecule has 1 unspecified atom stereocenters. The van der Waals surface area contributed by atoms with Crippen LogP contribution in [0.25, 0.3) is 0 Å². The molecule has 1 aromatic rings. The van der Waals surface area contributed by atoms with E-state index in [0.717, 1.165) is 5.56 Å². The SMILES string of the molecule is CCOC(CCOc1ccc(Cl)c(C)c1)C(=O)O. The molecule has 0 amide bonds. The van der Waals surface area contributed by atoms with Gasteiger partial charge in [0, 0.05) is 18.1 Å². The minimum atomic E-state index is -0.965. The fourth-order valence-corrected chi connectivity index (χ4v) is 1.59. The minimum Gasteiger partial charge on any atom is -0.493 e. The zero-order valence-electron chi connectivity index (χ0n) is 10.5. The highest BCUT2D eigenvalue weighted by atomic mass is 35.5. The van der Waals surface area contributed by atoms with Crippen molar-refractivity contribution in [3.63, 3.8) is 0 Å². The third kappa shape index (κ3) is 4.55. The first kappa shape index (κ1) is 14.8. The molecule has 0 saturated carbocycles. The van der Waals surface area contributed by atoms with Gasteiger partial charge in [-0.1, -0.05) is 11.6 Å². The van der Waals surface area contributed by atoms with Crippen LogP contribution in [0.4, 0.5) is 0 Å². The summed E-state index contributed by atoms with van der Waals surface area (Å²) in [5.41, 5.74) is 0.925. The monoisotopic (exact) mass is 272 g/mol. The highest BCUT2D eigenvalue weighted by molar-refractivity contribution is 6.31. The molecule has 100 valence electrons. The second-order valence-corrected chi connectivity index (χ2v) is 4.24. The molecule has 1 N–H and O–H groups in total. The van der Waals surface area contributed by atoms with Crippen LogP contribution in [-0.4, -0.2) is 30.4 Å². The van der Waals surface area contributed by atoms with Gasteiger partial charge in [-0.05, 0) is 37.6 Å². The summed E-state index contributed by atoms with van der Waals surface area (Å²) in [4.78, 5) is 10.8. The van der Waals surface area contributed by atoms with Crippen LogP contribution in [0.5, 0.6) is 5.75 Å². The van der Waals surface area contributed by atoms with Crippen LogP contribution in [0.3, 0.4) is 0 Å². The normalized spacial score (nSPS) is 12.2. The van der Waals surface area contributed by atoms with Crippen molar-refractivity contribution >= 4 is 17.6 Å². The van der Waals surface area contributed by atoms with E-state index in [1.807, 2.05) is 13.0 Å². The standard InChI is InChI=1S/C13H17ClO4/c1-3-17-12(13(15)16)6-7-18-10-4-5-11(14)9(2)8-10/h4-5,8,12H,3,6-7H2,1-2H3,(H,15,16). The van der Waals surface area contributed by atoms with Crippen LogP contribution in [0.1, 0.15) is 18.9 Å². The van der Waals surface area contributed by atoms with Crippen molar-refractivity contribution in [1.82, 2.24) is 0 Å². The minimum absolute atomic E-state index is 0.290. The second-order valence-electron chi connectivity index (χ2n) is 3.83. The van der Waals surface area contributed by atoms with Gasteiger partial charge in [0.2, 0.25) is 0 Å². The fourth-order valence-electron chi connectivity index (χ4n) is 1.47. The first-order valence-corrected chi connectivity index (χ1v) is 6.15. The van der Waals surface area contributed by atoms with Crippen molar-refractivity contribution in [2.45, 2.75) is 26.4 Å². The summed E-state index contributed by atoms with van der Waals surface area (Å²) in [6, 6.07) is 5.33. The highest BCUT2D eigenvalue weighted by Crippen LogP contribution is 2.21. The lowest BCUT2D eigenvalue weighted by Crippen LogP contribution is -2.26. The molecule has 4 nitrogen and oxygen atoms in total. The third-order valence-corrected chi connectivity index (χ3v) is 2.85. The van der Waals surface area contributed by atoms with Crippen LogP contribution in [-0.2, 0) is 9.53 Å². The van der Waals surface area contributed by atoms with Crippen molar-refractivity contribution in [2.24, 2.45) is 0 Å². The van der Waals surface area contributed by atoms with Gasteiger partial charge in [0.15, 0.2) is 6.10 Å². The van der Waals surface area contributed by atoms with Crippen molar-refractivity contribution in [3.05, 3.63) is 28.8 Å². The van der Waals surface area contributed by atoms with E-state index in [2.05, 4.69) is 0 Å². The Balaban J connectivity index is 2.44. The summed E-state index contributed by atoms with van der Waals surface area (Å²) in [6.07, 6.45) is -0.506. The number of aryl methyl sites for hydroxylation is 1. The van der Waals surface area contributed by atoms with E-state index in [1.165, 1.54) is 0 Å². The molecule has 0 aromatic heterocycles. The number of carboxylic acid groups (broad SMARTS) is 1. The number of carboxylic acids is 1. The maximum Gasteiger partial charge on any atom is 0.332 e. The van der Waals surface area contributed by atoms with Crippen molar-refractivity contribution < 1.29 is 19.4 Å². The van der Waals surface area contributed by atoms with Crippen LogP contribution in [0.15, 0.2) is 18.2 Å². The van der Waals surface area contributed by atoms with E-state index < -0.39 is 12.1 Å². The smallest absolute Gasteiger partial charge is 0.332 e. The summed E-state index contributed by atoms with van der Waals surface area (Å²) in [7, 11) is 0. The Morgan fingerprint density at radius 3 is 2.78 bits per heavy atom. The van der Waals surface area contributed by atoms with Crippen LogP contribution in [0.2, 0.25) is 5.02 Å². The molecule has 0 heterocycles. The average molecular weight is 273 g/mol. The number of halogens is 1. The number of hydrogen-bond acceptors (Lipinski definition) is 3. The number of hydrogen-bond donors (Lipinski definition) is 1. The summed E-state index contributed by atoms with van der Waals surface area (Å²) in [6.45, 7) is 4.31. The predicted molar refractivity (Wildman–Crippen MR) is 69.4 cm³/mol. The third-order valence-electron chi connectivity index (χ3n) is 2.42. The molecular weight excluding hydrogens is 256 g/mol. The summed E-state index contributed by atoms with van der Waals surface area (Å²) >= 11 is 5.89. The van der Waals surface area contributed by atoms with Gasteiger partial charge in [0.1, 0.15) is 5.75 Å². The zero-order chi connectivity index (χ0) is 13.5. The first-order chi connectivity index (χ1) is 8.54. The van der Waals surface area contributed by atoms with Gasteiger partial charge in [0.05, 0.1) is 6.61 Å². The average Bonchev–Trinajstić information content (AvgIpc) is 2.32. The van der Waals surface area contributed by atoms with Crippen molar-refractivity contribution in [2.75, 3.05) is 13.2 Å². The zero-order valence-corrected chi connectivity index (χ0v) is 11.2. The van der Waals surface area contributed by atoms with Gasteiger partial charge in [-0.2, -0.15) is 0 Å². The molecule has 0 saturated heterocycles. The second kappa shape index (κ2) is 7.24. The Labute approximate surface area is 111 Å². The van der Waals surface area contributed by atoms with Gasteiger partial charge in [-0.25, -0.2) is 4.79 Å². The lowest BCUT2D eigenvalue weighted by Gasteiger charge is -2.13. The van der Waals surface area contributed by atoms with Gasteiger partial charge in [0.25, 0.3) is 0 Å². The van der Waals surface area contributed by atoms with E-state index in [4.69, 9.17) is 26.2 Å². The lowest BCUT2D eigenvalue weighted by atomic mass is 10.2. The number of rotatable bonds is 7. The molecular formula is C13H17ClO4. The Hall–Kier alpha value is -1.26. The van der Waals surface area contributed by atoms with Crippen molar-refractivity contribution in [3.8, 4) is 5.75 Å². The van der Waals surface area contributed by atoms with Gasteiger partial charge in [-0.3, -0.25) is 0 Å². The topological polar surface area (TPSA) is 55.8 Å². The van der Waals surface area contributed by atoms with Crippen LogP contribution >= 0.6 is 11.6 Å². The molecule has 0 spiro atoms. The Morgan fingerprint density at radius 1 is 1.50 bits per heavy atom. The van der Waals surface area contributed by atoms with Crippen LogP contribution < -0.4 is 4.74 Å². The van der Waals surface area contributed by atoms with Crippen molar-refractivity contribution in [1.29, 1.82) is 0 Å². The molecule has 1 rings (SSSR count). The Bertz CT molecular complexity index is 406. The van der Waals surface area contributed by atoms with E-state index in [9.17, 15) is 4.79 Å². The van der Waals surface area contributed by atoms with E-state index in [1.54, 1.807) is 19.1 Å². The number of ether oxygens (including phenoxy) is 2. The van der Waals surface area contributed by atoms with Crippen LogP contribution in [0, 0.1) is 6.92 Å². The molecule has 0 aliphatic heterocycles. The van der Waals surface area contributed by atoms with Gasteiger partial charge >= 0.3 is 5.97 Å². The summed E-state index contributed by atoms with van der Waals surface area (Å²) < 4.78 is 10.6.